The number of hydrogen-bond acceptors (Lipinski definition) is 7. The Morgan fingerprint density at radius 2 is 1.67 bits per heavy atom. The lowest BCUT2D eigenvalue weighted by atomic mass is 9.87. The lowest BCUT2D eigenvalue weighted by molar-refractivity contribution is -0.193. The Morgan fingerprint density at radius 1 is 1.08 bits per heavy atom. The molecule has 2 aliphatic rings. The smallest absolute Gasteiger partial charge is 0.475 e. The number of aliphatic carboxylic acids is 2. The van der Waals surface area contributed by atoms with Crippen molar-refractivity contribution >= 4 is 11.9 Å². The number of carboxylic acids is 2. The first-order valence-corrected chi connectivity index (χ1v) is 11.7. The molecule has 2 aliphatic heterocycles. The Hall–Kier alpha value is -3.17. The van der Waals surface area contributed by atoms with Crippen LogP contribution in [0, 0.1) is 0 Å². The minimum absolute atomic E-state index is 0.0841. The van der Waals surface area contributed by atoms with E-state index >= 15 is 0 Å². The van der Waals surface area contributed by atoms with Gasteiger partial charge in [-0.05, 0) is 44.0 Å². The zero-order valence-corrected chi connectivity index (χ0v) is 20.9. The van der Waals surface area contributed by atoms with Crippen LogP contribution in [0.3, 0.4) is 0 Å². The van der Waals surface area contributed by atoms with Gasteiger partial charge in [-0.15, -0.1) is 0 Å². The van der Waals surface area contributed by atoms with E-state index in [4.69, 9.17) is 29.0 Å². The molecular weight excluding hydrogens is 540 g/mol. The van der Waals surface area contributed by atoms with E-state index in [-0.39, 0.29) is 5.60 Å². The number of halogens is 6. The van der Waals surface area contributed by atoms with Crippen molar-refractivity contribution in [1.29, 1.82) is 0 Å². The SMILES string of the molecule is CN(Cc1cccnc1)C1COC2(CCN(Cc3ccoc3)CC2)C1.O=C(O)C(F)(F)F.O=C(O)C(F)(F)F. The summed E-state index contributed by atoms with van der Waals surface area (Å²) in [6.07, 6.45) is 0.613. The summed E-state index contributed by atoms with van der Waals surface area (Å²) in [5.74, 6) is -5.51. The third-order valence-corrected chi connectivity index (χ3v) is 6.21. The van der Waals surface area contributed by atoms with Gasteiger partial charge in [0.1, 0.15) is 0 Å². The largest absolute Gasteiger partial charge is 0.490 e. The second-order valence-electron chi connectivity index (χ2n) is 9.14. The van der Waals surface area contributed by atoms with Crippen LogP contribution in [-0.2, 0) is 27.4 Å². The van der Waals surface area contributed by atoms with Gasteiger partial charge in [0.2, 0.25) is 0 Å². The van der Waals surface area contributed by atoms with Crippen LogP contribution in [0.15, 0.2) is 47.5 Å². The highest BCUT2D eigenvalue weighted by atomic mass is 19.4. The minimum Gasteiger partial charge on any atom is -0.475 e. The van der Waals surface area contributed by atoms with E-state index in [0.717, 1.165) is 52.0 Å². The average molecular weight is 569 g/mol. The minimum atomic E-state index is -5.08. The summed E-state index contributed by atoms with van der Waals surface area (Å²) >= 11 is 0. The van der Waals surface area contributed by atoms with Gasteiger partial charge in [-0.25, -0.2) is 9.59 Å². The van der Waals surface area contributed by atoms with Crippen molar-refractivity contribution in [3.63, 3.8) is 0 Å². The number of carboxylic acid groups (broad SMARTS) is 2. The summed E-state index contributed by atoms with van der Waals surface area (Å²) < 4.78 is 75.0. The lowest BCUT2D eigenvalue weighted by Crippen LogP contribution is -2.44. The Labute approximate surface area is 220 Å². The van der Waals surface area contributed by atoms with E-state index in [1.807, 2.05) is 24.7 Å². The van der Waals surface area contributed by atoms with Gasteiger partial charge >= 0.3 is 24.3 Å². The van der Waals surface area contributed by atoms with Gasteiger partial charge in [0, 0.05) is 50.2 Å². The predicted molar refractivity (Wildman–Crippen MR) is 123 cm³/mol. The molecule has 0 radical (unpaired) electrons. The highest BCUT2D eigenvalue weighted by molar-refractivity contribution is 5.73. The van der Waals surface area contributed by atoms with Crippen LogP contribution in [0.1, 0.15) is 30.4 Å². The molecule has 4 rings (SSSR count). The number of likely N-dealkylation sites (N-methyl/N-ethyl adjacent to an activating group) is 1. The molecule has 2 aromatic heterocycles. The third-order valence-electron chi connectivity index (χ3n) is 6.21. The summed E-state index contributed by atoms with van der Waals surface area (Å²) in [5, 5.41) is 14.2. The molecule has 1 spiro atoms. The van der Waals surface area contributed by atoms with E-state index in [1.54, 1.807) is 6.26 Å². The number of furan rings is 1. The first-order valence-electron chi connectivity index (χ1n) is 11.7. The first-order chi connectivity index (χ1) is 18.1. The number of nitrogens with zero attached hydrogens (tertiary/aromatic N) is 3. The van der Waals surface area contributed by atoms with Gasteiger partial charge < -0.3 is 19.4 Å². The molecule has 2 saturated heterocycles. The molecule has 15 heteroatoms. The number of hydrogen-bond donors (Lipinski definition) is 2. The number of rotatable bonds is 5. The molecule has 0 aliphatic carbocycles. The van der Waals surface area contributed by atoms with Gasteiger partial charge in [-0.1, -0.05) is 6.07 Å². The van der Waals surface area contributed by atoms with Crippen LogP contribution < -0.4 is 0 Å². The fourth-order valence-corrected chi connectivity index (χ4v) is 4.12. The Morgan fingerprint density at radius 3 is 2.13 bits per heavy atom. The summed E-state index contributed by atoms with van der Waals surface area (Å²) in [7, 11) is 2.20. The molecule has 9 nitrogen and oxygen atoms in total. The third kappa shape index (κ3) is 10.8. The van der Waals surface area contributed by atoms with Crippen molar-refractivity contribution in [3.05, 3.63) is 54.2 Å². The molecule has 0 amide bonds. The van der Waals surface area contributed by atoms with E-state index in [0.29, 0.717) is 6.04 Å². The lowest BCUT2D eigenvalue weighted by Gasteiger charge is -2.38. The molecule has 0 bridgehead atoms. The topological polar surface area (TPSA) is 116 Å². The van der Waals surface area contributed by atoms with Crippen LogP contribution >= 0.6 is 0 Å². The molecule has 0 saturated carbocycles. The standard InChI is InChI=1S/C20H27N3O2.2C2HF3O2/c1-22(13-17-3-2-7-21-12-17)19-11-20(25-16-19)5-8-23(9-6-20)14-18-4-10-24-15-18;2*3-2(4,5)1(6)7/h2-4,7,10,12,15,19H,5-6,8-9,11,13-14,16H2,1H3;2*(H,6,7). The molecule has 1 unspecified atom stereocenters. The van der Waals surface area contributed by atoms with Gasteiger partial charge in [0.15, 0.2) is 0 Å². The normalized spacial score (nSPS) is 19.1. The van der Waals surface area contributed by atoms with Crippen LogP contribution in [0.2, 0.25) is 0 Å². The average Bonchev–Trinajstić information content (AvgIpc) is 3.51. The molecule has 2 N–H and O–H groups in total. The zero-order chi connectivity index (χ0) is 29.3. The van der Waals surface area contributed by atoms with E-state index in [1.165, 1.54) is 11.1 Å². The molecule has 1 atom stereocenters. The maximum absolute atomic E-state index is 10.6. The Balaban J connectivity index is 0.000000317. The highest BCUT2D eigenvalue weighted by Gasteiger charge is 2.43. The number of ether oxygens (including phenoxy) is 1. The van der Waals surface area contributed by atoms with E-state index < -0.39 is 24.3 Å². The second kappa shape index (κ2) is 13.8. The van der Waals surface area contributed by atoms with Gasteiger partial charge in [-0.2, -0.15) is 26.3 Å². The Kier molecular flexibility index (Phi) is 11.3. The number of likely N-dealkylation sites (tertiary alicyclic amines) is 1. The molecule has 39 heavy (non-hydrogen) atoms. The van der Waals surface area contributed by atoms with Gasteiger partial charge in [0.05, 0.1) is 24.7 Å². The molecule has 218 valence electrons. The first kappa shape index (κ1) is 32.0. The highest BCUT2D eigenvalue weighted by Crippen LogP contribution is 2.38. The summed E-state index contributed by atoms with van der Waals surface area (Å²) in [6, 6.07) is 6.70. The number of piperidine rings is 1. The van der Waals surface area contributed by atoms with E-state index in [2.05, 4.69) is 34.0 Å². The summed E-state index contributed by atoms with van der Waals surface area (Å²) in [6.45, 7) is 4.97. The van der Waals surface area contributed by atoms with Crippen LogP contribution in [-0.4, -0.2) is 87.7 Å². The summed E-state index contributed by atoms with van der Waals surface area (Å²) in [5.41, 5.74) is 2.61. The van der Waals surface area contributed by atoms with Crippen LogP contribution in [0.4, 0.5) is 26.3 Å². The van der Waals surface area contributed by atoms with Crippen molar-refractivity contribution in [1.82, 2.24) is 14.8 Å². The maximum atomic E-state index is 10.6. The number of carbonyl (C=O) groups is 2. The molecule has 4 heterocycles. The number of aromatic nitrogens is 1. The van der Waals surface area contributed by atoms with Gasteiger partial charge in [0.25, 0.3) is 0 Å². The zero-order valence-electron chi connectivity index (χ0n) is 20.9. The number of pyridine rings is 1. The van der Waals surface area contributed by atoms with Crippen molar-refractivity contribution < 1.29 is 55.3 Å². The molecule has 2 aromatic rings. The van der Waals surface area contributed by atoms with Crippen LogP contribution in [0.25, 0.3) is 0 Å². The molecule has 2 fully saturated rings. The fourth-order valence-electron chi connectivity index (χ4n) is 4.12. The monoisotopic (exact) mass is 569 g/mol. The maximum Gasteiger partial charge on any atom is 0.490 e. The van der Waals surface area contributed by atoms with Crippen molar-refractivity contribution in [2.24, 2.45) is 0 Å². The molecular formula is C24H29F6N3O6. The summed E-state index contributed by atoms with van der Waals surface area (Å²) in [4.78, 5) is 26.9. The van der Waals surface area contributed by atoms with Crippen molar-refractivity contribution in [2.45, 2.75) is 56.3 Å². The van der Waals surface area contributed by atoms with Crippen molar-refractivity contribution in [3.8, 4) is 0 Å². The molecule has 0 aromatic carbocycles. The quantitative estimate of drug-likeness (QED) is 0.511. The van der Waals surface area contributed by atoms with Crippen LogP contribution in [0.5, 0.6) is 0 Å². The number of alkyl halides is 6. The van der Waals surface area contributed by atoms with Crippen molar-refractivity contribution in [2.75, 3.05) is 26.7 Å². The Bertz CT molecular complexity index is 1000. The fraction of sp³-hybridized carbons (Fsp3) is 0.542. The predicted octanol–water partition coefficient (Wildman–Crippen LogP) is 4.20. The second-order valence-corrected chi connectivity index (χ2v) is 9.14. The van der Waals surface area contributed by atoms with E-state index in [9.17, 15) is 26.3 Å². The van der Waals surface area contributed by atoms with Gasteiger partial charge in [-0.3, -0.25) is 14.8 Å².